The number of hydrogen-bond donors (Lipinski definition) is 1. The van der Waals surface area contributed by atoms with Gasteiger partial charge in [-0.05, 0) is 50.9 Å². The molecule has 1 aliphatic heterocycles. The molecule has 1 amide bonds. The zero-order valence-corrected chi connectivity index (χ0v) is 12.5. The molecule has 1 heterocycles. The predicted octanol–water partition coefficient (Wildman–Crippen LogP) is 1.97. The molecule has 114 valence electrons. The van der Waals surface area contributed by atoms with E-state index in [-0.39, 0.29) is 11.6 Å². The van der Waals surface area contributed by atoms with Crippen LogP contribution >= 0.6 is 0 Å². The third kappa shape index (κ3) is 3.58. The summed E-state index contributed by atoms with van der Waals surface area (Å²) >= 11 is 0. The molecule has 1 aromatic carbocycles. The number of nitrogens with one attached hydrogen (secondary N) is 1. The second-order valence-corrected chi connectivity index (χ2v) is 5.57. The van der Waals surface area contributed by atoms with Gasteiger partial charge in [0.15, 0.2) is 0 Å². The zero-order chi connectivity index (χ0) is 15.4. The number of nitro groups is 1. The third-order valence-corrected chi connectivity index (χ3v) is 3.95. The molecule has 1 saturated heterocycles. The summed E-state index contributed by atoms with van der Waals surface area (Å²) < 4.78 is 0. The Bertz CT molecular complexity index is 543. The Morgan fingerprint density at radius 3 is 2.90 bits per heavy atom. The van der Waals surface area contributed by atoms with Gasteiger partial charge in [0, 0.05) is 30.8 Å². The van der Waals surface area contributed by atoms with E-state index in [4.69, 9.17) is 0 Å². The molecule has 0 saturated carbocycles. The molecule has 21 heavy (non-hydrogen) atoms. The highest BCUT2D eigenvalue weighted by Crippen LogP contribution is 2.22. The fourth-order valence-electron chi connectivity index (χ4n) is 2.88. The van der Waals surface area contributed by atoms with Gasteiger partial charge in [-0.15, -0.1) is 0 Å². The number of piperidine rings is 1. The summed E-state index contributed by atoms with van der Waals surface area (Å²) in [6, 6.07) is 4.43. The lowest BCUT2D eigenvalue weighted by molar-refractivity contribution is -0.384. The molecular weight excluding hydrogens is 270 g/mol. The Morgan fingerprint density at radius 1 is 1.52 bits per heavy atom. The van der Waals surface area contributed by atoms with E-state index in [9.17, 15) is 14.9 Å². The first-order chi connectivity index (χ1) is 10.0. The van der Waals surface area contributed by atoms with Crippen LogP contribution in [0, 0.1) is 23.0 Å². The first-order valence-corrected chi connectivity index (χ1v) is 7.22. The van der Waals surface area contributed by atoms with E-state index in [1.807, 2.05) is 11.9 Å². The molecule has 1 unspecified atom stereocenters. The van der Waals surface area contributed by atoms with E-state index < -0.39 is 4.92 Å². The van der Waals surface area contributed by atoms with Gasteiger partial charge in [0.1, 0.15) is 0 Å². The van der Waals surface area contributed by atoms with Gasteiger partial charge in [-0.1, -0.05) is 0 Å². The van der Waals surface area contributed by atoms with Crippen LogP contribution in [0.1, 0.15) is 28.8 Å². The van der Waals surface area contributed by atoms with E-state index in [0.717, 1.165) is 32.5 Å². The maximum Gasteiger partial charge on any atom is 0.269 e. The third-order valence-electron chi connectivity index (χ3n) is 3.95. The van der Waals surface area contributed by atoms with E-state index in [1.54, 1.807) is 13.0 Å². The lowest BCUT2D eigenvalue weighted by Crippen LogP contribution is -2.42. The monoisotopic (exact) mass is 291 g/mol. The SMILES string of the molecule is CNCC1CCCN(C(=O)c2ccc([N+](=O)[O-])cc2C)C1. The van der Waals surface area contributed by atoms with Crippen LogP contribution in [0.2, 0.25) is 0 Å². The first kappa shape index (κ1) is 15.4. The summed E-state index contributed by atoms with van der Waals surface area (Å²) in [7, 11) is 1.92. The molecule has 1 N–H and O–H groups in total. The van der Waals surface area contributed by atoms with Gasteiger partial charge in [0.25, 0.3) is 11.6 Å². The molecule has 1 aromatic rings. The van der Waals surface area contributed by atoms with Crippen LogP contribution in [-0.2, 0) is 0 Å². The fraction of sp³-hybridized carbons (Fsp3) is 0.533. The van der Waals surface area contributed by atoms with Gasteiger partial charge in [-0.25, -0.2) is 0 Å². The van der Waals surface area contributed by atoms with Gasteiger partial charge in [0.2, 0.25) is 0 Å². The van der Waals surface area contributed by atoms with Crippen molar-refractivity contribution in [3.05, 3.63) is 39.4 Å². The highest BCUT2D eigenvalue weighted by Gasteiger charge is 2.25. The van der Waals surface area contributed by atoms with Gasteiger partial charge < -0.3 is 10.2 Å². The number of nitro benzene ring substituents is 1. The predicted molar refractivity (Wildman–Crippen MR) is 80.4 cm³/mol. The fourth-order valence-corrected chi connectivity index (χ4v) is 2.88. The molecule has 1 fully saturated rings. The summed E-state index contributed by atoms with van der Waals surface area (Å²) in [6.07, 6.45) is 2.13. The maximum absolute atomic E-state index is 12.6. The largest absolute Gasteiger partial charge is 0.338 e. The van der Waals surface area contributed by atoms with Crippen molar-refractivity contribution in [2.24, 2.45) is 5.92 Å². The van der Waals surface area contributed by atoms with Crippen molar-refractivity contribution in [2.75, 3.05) is 26.7 Å². The summed E-state index contributed by atoms with van der Waals surface area (Å²) in [6.45, 7) is 4.16. The van der Waals surface area contributed by atoms with Gasteiger partial charge >= 0.3 is 0 Å². The minimum Gasteiger partial charge on any atom is -0.338 e. The Balaban J connectivity index is 2.14. The van der Waals surface area contributed by atoms with Gasteiger partial charge in [-0.3, -0.25) is 14.9 Å². The topological polar surface area (TPSA) is 75.5 Å². The van der Waals surface area contributed by atoms with Crippen LogP contribution in [0.25, 0.3) is 0 Å². The first-order valence-electron chi connectivity index (χ1n) is 7.22. The van der Waals surface area contributed by atoms with Crippen LogP contribution in [0.3, 0.4) is 0 Å². The maximum atomic E-state index is 12.6. The van der Waals surface area contributed by atoms with Crippen molar-refractivity contribution < 1.29 is 9.72 Å². The molecule has 0 radical (unpaired) electrons. The number of nitrogens with zero attached hydrogens (tertiary/aromatic N) is 2. The second kappa shape index (κ2) is 6.67. The summed E-state index contributed by atoms with van der Waals surface area (Å²) in [5, 5.41) is 13.9. The van der Waals surface area contributed by atoms with Crippen molar-refractivity contribution in [3.8, 4) is 0 Å². The van der Waals surface area contributed by atoms with Crippen molar-refractivity contribution in [1.82, 2.24) is 10.2 Å². The van der Waals surface area contributed by atoms with E-state index in [0.29, 0.717) is 17.0 Å². The highest BCUT2D eigenvalue weighted by atomic mass is 16.6. The van der Waals surface area contributed by atoms with E-state index in [2.05, 4.69) is 5.32 Å². The smallest absolute Gasteiger partial charge is 0.269 e. The number of non-ortho nitro benzene ring substituents is 1. The van der Waals surface area contributed by atoms with Crippen molar-refractivity contribution in [3.63, 3.8) is 0 Å². The molecule has 1 atom stereocenters. The summed E-state index contributed by atoms with van der Waals surface area (Å²) in [5.74, 6) is 0.453. The van der Waals surface area contributed by atoms with Crippen LogP contribution in [0.15, 0.2) is 18.2 Å². The molecule has 0 aromatic heterocycles. The van der Waals surface area contributed by atoms with Crippen LogP contribution in [0.4, 0.5) is 5.69 Å². The lowest BCUT2D eigenvalue weighted by atomic mass is 9.96. The Labute approximate surface area is 124 Å². The molecule has 0 spiro atoms. The number of hydrogen-bond acceptors (Lipinski definition) is 4. The number of likely N-dealkylation sites (tertiary alicyclic amines) is 1. The number of rotatable bonds is 4. The Morgan fingerprint density at radius 2 is 2.29 bits per heavy atom. The van der Waals surface area contributed by atoms with Gasteiger partial charge in [-0.2, -0.15) is 0 Å². The second-order valence-electron chi connectivity index (χ2n) is 5.57. The number of carbonyl (C=O) groups is 1. The van der Waals surface area contributed by atoms with Crippen molar-refractivity contribution in [1.29, 1.82) is 0 Å². The number of aryl methyl sites for hydroxylation is 1. The molecule has 1 aliphatic rings. The number of carbonyl (C=O) groups excluding carboxylic acids is 1. The molecule has 0 bridgehead atoms. The molecule has 6 heteroatoms. The highest BCUT2D eigenvalue weighted by molar-refractivity contribution is 5.96. The van der Waals surface area contributed by atoms with Crippen LogP contribution in [-0.4, -0.2) is 42.4 Å². The number of amides is 1. The average Bonchev–Trinajstić information content (AvgIpc) is 2.47. The number of benzene rings is 1. The van der Waals surface area contributed by atoms with Crippen molar-refractivity contribution >= 4 is 11.6 Å². The molecule has 2 rings (SSSR count). The summed E-state index contributed by atoms with van der Waals surface area (Å²) in [4.78, 5) is 24.8. The minimum atomic E-state index is -0.439. The van der Waals surface area contributed by atoms with E-state index in [1.165, 1.54) is 12.1 Å². The van der Waals surface area contributed by atoms with Crippen LogP contribution < -0.4 is 5.32 Å². The summed E-state index contributed by atoms with van der Waals surface area (Å²) in [5.41, 5.74) is 1.24. The zero-order valence-electron chi connectivity index (χ0n) is 12.5. The lowest BCUT2D eigenvalue weighted by Gasteiger charge is -2.33. The molecule has 6 nitrogen and oxygen atoms in total. The van der Waals surface area contributed by atoms with E-state index >= 15 is 0 Å². The van der Waals surface area contributed by atoms with Gasteiger partial charge in [0.05, 0.1) is 4.92 Å². The minimum absolute atomic E-state index is 0.0238. The molecular formula is C15H21N3O3. The normalized spacial score (nSPS) is 18.6. The van der Waals surface area contributed by atoms with Crippen molar-refractivity contribution in [2.45, 2.75) is 19.8 Å². The van der Waals surface area contributed by atoms with Crippen LogP contribution in [0.5, 0.6) is 0 Å². The Kier molecular flexibility index (Phi) is 4.90. The average molecular weight is 291 g/mol. The Hall–Kier alpha value is -1.95. The molecule has 0 aliphatic carbocycles. The standard InChI is InChI=1S/C15H21N3O3/c1-11-8-13(18(20)21)5-6-14(11)15(19)17-7-3-4-12(10-17)9-16-2/h5-6,8,12,16H,3-4,7,9-10H2,1-2H3. The quantitative estimate of drug-likeness (QED) is 0.680.